The van der Waals surface area contributed by atoms with Gasteiger partial charge < -0.3 is 19.9 Å². The minimum atomic E-state index is 0. The van der Waals surface area contributed by atoms with Crippen molar-refractivity contribution in [2.75, 3.05) is 19.8 Å². The SMILES string of the molecule is CCOCCCNC(=NCc1nnc(C)n1C)NC(C)c1cccc(-n2cccn2)c1.I. The zero-order chi connectivity index (χ0) is 22.1. The van der Waals surface area contributed by atoms with Crippen molar-refractivity contribution in [3.8, 4) is 5.69 Å². The van der Waals surface area contributed by atoms with Crippen LogP contribution in [0.3, 0.4) is 0 Å². The Labute approximate surface area is 206 Å². The molecule has 0 radical (unpaired) electrons. The highest BCUT2D eigenvalue weighted by Gasteiger charge is 2.11. The van der Waals surface area contributed by atoms with Gasteiger partial charge in [-0.25, -0.2) is 9.67 Å². The molecule has 0 saturated carbocycles. The van der Waals surface area contributed by atoms with E-state index < -0.39 is 0 Å². The molecule has 9 nitrogen and oxygen atoms in total. The van der Waals surface area contributed by atoms with Crippen LogP contribution >= 0.6 is 24.0 Å². The van der Waals surface area contributed by atoms with Crippen molar-refractivity contribution in [3.63, 3.8) is 0 Å². The third kappa shape index (κ3) is 7.30. The van der Waals surface area contributed by atoms with Crippen LogP contribution in [0.1, 0.15) is 43.5 Å². The monoisotopic (exact) mass is 552 g/mol. The molecule has 3 rings (SSSR count). The highest BCUT2D eigenvalue weighted by Crippen LogP contribution is 2.16. The third-order valence-electron chi connectivity index (χ3n) is 5.02. The number of guanidine groups is 1. The van der Waals surface area contributed by atoms with Gasteiger partial charge in [-0.2, -0.15) is 5.10 Å². The van der Waals surface area contributed by atoms with Crippen LogP contribution in [-0.2, 0) is 18.3 Å². The van der Waals surface area contributed by atoms with Gasteiger partial charge in [-0.05, 0) is 51.0 Å². The number of hydrogen-bond acceptors (Lipinski definition) is 5. The van der Waals surface area contributed by atoms with Crippen molar-refractivity contribution in [2.45, 2.75) is 39.8 Å². The summed E-state index contributed by atoms with van der Waals surface area (Å²) in [6.45, 7) is 8.72. The number of benzene rings is 1. The maximum Gasteiger partial charge on any atom is 0.192 e. The molecule has 0 bridgehead atoms. The lowest BCUT2D eigenvalue weighted by Crippen LogP contribution is -2.39. The quantitative estimate of drug-likeness (QED) is 0.174. The molecule has 0 aliphatic heterocycles. The van der Waals surface area contributed by atoms with E-state index in [1.165, 1.54) is 0 Å². The summed E-state index contributed by atoms with van der Waals surface area (Å²) < 4.78 is 9.24. The second-order valence-electron chi connectivity index (χ2n) is 7.28. The zero-order valence-corrected chi connectivity index (χ0v) is 21.5. The van der Waals surface area contributed by atoms with Gasteiger partial charge in [0.1, 0.15) is 12.4 Å². The summed E-state index contributed by atoms with van der Waals surface area (Å²) >= 11 is 0. The summed E-state index contributed by atoms with van der Waals surface area (Å²) in [5.41, 5.74) is 2.17. The number of ether oxygens (including phenoxy) is 1. The van der Waals surface area contributed by atoms with E-state index in [4.69, 9.17) is 9.73 Å². The standard InChI is InChI=1S/C22H32N8O.HI/c1-5-31-14-8-11-23-22(24-16-21-28-27-18(3)29(21)4)26-17(2)19-9-6-10-20(15-19)30-13-7-12-25-30;/h6-7,9-10,12-13,15,17H,5,8,11,14,16H2,1-4H3,(H2,23,24,26);1H. The van der Waals surface area contributed by atoms with E-state index in [1.54, 1.807) is 6.20 Å². The normalized spacial score (nSPS) is 12.3. The summed E-state index contributed by atoms with van der Waals surface area (Å²) in [6, 6.07) is 10.3. The van der Waals surface area contributed by atoms with Gasteiger partial charge in [-0.1, -0.05) is 12.1 Å². The molecule has 10 heteroatoms. The average Bonchev–Trinajstić information content (AvgIpc) is 3.43. The van der Waals surface area contributed by atoms with E-state index in [0.717, 1.165) is 55.0 Å². The second kappa shape index (κ2) is 13.2. The van der Waals surface area contributed by atoms with Crippen LogP contribution in [0.25, 0.3) is 5.69 Å². The van der Waals surface area contributed by atoms with Crippen molar-refractivity contribution in [2.24, 2.45) is 12.0 Å². The molecule has 2 N–H and O–H groups in total. The molecule has 3 aromatic rings. The number of aromatic nitrogens is 5. The lowest BCUT2D eigenvalue weighted by atomic mass is 10.1. The summed E-state index contributed by atoms with van der Waals surface area (Å²) in [4.78, 5) is 4.74. The lowest BCUT2D eigenvalue weighted by molar-refractivity contribution is 0.145. The molecule has 174 valence electrons. The van der Waals surface area contributed by atoms with Gasteiger partial charge >= 0.3 is 0 Å². The van der Waals surface area contributed by atoms with Crippen LogP contribution in [0, 0.1) is 6.92 Å². The van der Waals surface area contributed by atoms with E-state index in [2.05, 4.69) is 45.0 Å². The van der Waals surface area contributed by atoms with E-state index >= 15 is 0 Å². The van der Waals surface area contributed by atoms with E-state index in [-0.39, 0.29) is 30.0 Å². The number of nitrogens with zero attached hydrogens (tertiary/aromatic N) is 6. The zero-order valence-electron chi connectivity index (χ0n) is 19.2. The number of rotatable bonds is 10. The van der Waals surface area contributed by atoms with Crippen molar-refractivity contribution in [1.29, 1.82) is 0 Å². The van der Waals surface area contributed by atoms with Gasteiger partial charge in [0.15, 0.2) is 11.8 Å². The molecule has 1 aromatic carbocycles. The number of nitrogens with one attached hydrogen (secondary N) is 2. The molecule has 1 atom stereocenters. The minimum Gasteiger partial charge on any atom is -0.382 e. The van der Waals surface area contributed by atoms with E-state index in [1.807, 2.05) is 54.5 Å². The van der Waals surface area contributed by atoms with Crippen molar-refractivity contribution < 1.29 is 4.74 Å². The maximum absolute atomic E-state index is 5.43. The summed E-state index contributed by atoms with van der Waals surface area (Å²) in [5, 5.41) is 19.5. The fourth-order valence-corrected chi connectivity index (χ4v) is 3.06. The Morgan fingerprint density at radius 3 is 2.78 bits per heavy atom. The molecule has 2 heterocycles. The Balaban J connectivity index is 0.00000363. The van der Waals surface area contributed by atoms with Crippen LogP contribution in [-0.4, -0.2) is 50.3 Å². The fraction of sp³-hybridized carbons (Fsp3) is 0.455. The summed E-state index contributed by atoms with van der Waals surface area (Å²) in [7, 11) is 1.95. The third-order valence-corrected chi connectivity index (χ3v) is 5.02. The van der Waals surface area contributed by atoms with E-state index in [0.29, 0.717) is 6.54 Å². The van der Waals surface area contributed by atoms with Crippen LogP contribution in [0.5, 0.6) is 0 Å². The van der Waals surface area contributed by atoms with Gasteiger partial charge in [-0.3, -0.25) is 0 Å². The topological polar surface area (TPSA) is 94.2 Å². The first-order valence-electron chi connectivity index (χ1n) is 10.7. The van der Waals surface area contributed by atoms with Gasteiger partial charge in [-0.15, -0.1) is 34.2 Å². The largest absolute Gasteiger partial charge is 0.382 e. The molecule has 0 spiro atoms. The van der Waals surface area contributed by atoms with Crippen molar-refractivity contribution in [1.82, 2.24) is 35.2 Å². The molecule has 2 aromatic heterocycles. The predicted molar refractivity (Wildman–Crippen MR) is 137 cm³/mol. The Morgan fingerprint density at radius 1 is 1.25 bits per heavy atom. The van der Waals surface area contributed by atoms with Crippen LogP contribution in [0.4, 0.5) is 0 Å². The highest BCUT2D eigenvalue weighted by atomic mass is 127. The predicted octanol–water partition coefficient (Wildman–Crippen LogP) is 3.15. The van der Waals surface area contributed by atoms with Gasteiger partial charge in [0.2, 0.25) is 0 Å². The first-order chi connectivity index (χ1) is 15.1. The molecule has 0 fully saturated rings. The number of aryl methyl sites for hydroxylation is 1. The first kappa shape index (κ1) is 25.8. The first-order valence-corrected chi connectivity index (χ1v) is 10.7. The fourth-order valence-electron chi connectivity index (χ4n) is 3.06. The Hall–Kier alpha value is -2.47. The smallest absolute Gasteiger partial charge is 0.192 e. The van der Waals surface area contributed by atoms with Gasteiger partial charge in [0, 0.05) is 39.2 Å². The maximum atomic E-state index is 5.43. The van der Waals surface area contributed by atoms with Crippen molar-refractivity contribution >= 4 is 29.9 Å². The molecule has 0 aliphatic rings. The number of halogens is 1. The molecule has 0 amide bonds. The molecular formula is C22H33IN8O. The van der Waals surface area contributed by atoms with Crippen molar-refractivity contribution in [3.05, 3.63) is 59.9 Å². The minimum absolute atomic E-state index is 0. The molecule has 32 heavy (non-hydrogen) atoms. The summed E-state index contributed by atoms with van der Waals surface area (Å²) in [5.74, 6) is 2.42. The van der Waals surface area contributed by atoms with Crippen LogP contribution in [0.15, 0.2) is 47.7 Å². The summed E-state index contributed by atoms with van der Waals surface area (Å²) in [6.07, 6.45) is 4.62. The van der Waals surface area contributed by atoms with Gasteiger partial charge in [0.25, 0.3) is 0 Å². The van der Waals surface area contributed by atoms with Crippen LogP contribution in [0.2, 0.25) is 0 Å². The lowest BCUT2D eigenvalue weighted by Gasteiger charge is -2.19. The Morgan fingerprint density at radius 2 is 2.09 bits per heavy atom. The molecular weight excluding hydrogens is 519 g/mol. The number of aliphatic imine (C=N–C) groups is 1. The van der Waals surface area contributed by atoms with E-state index in [9.17, 15) is 0 Å². The Kier molecular flexibility index (Phi) is 10.6. The Bertz CT molecular complexity index is 970. The molecule has 0 aliphatic carbocycles. The molecule has 0 saturated heterocycles. The second-order valence-corrected chi connectivity index (χ2v) is 7.28. The van der Waals surface area contributed by atoms with Crippen LogP contribution < -0.4 is 10.6 Å². The highest BCUT2D eigenvalue weighted by molar-refractivity contribution is 14.0. The average molecular weight is 552 g/mol. The molecule has 1 unspecified atom stereocenters. The van der Waals surface area contributed by atoms with Gasteiger partial charge in [0.05, 0.1) is 11.7 Å². The number of hydrogen-bond donors (Lipinski definition) is 2.